The van der Waals surface area contributed by atoms with Crippen LogP contribution < -0.4 is 25.4 Å². The normalized spacial score (nSPS) is 12.2. The first-order valence-corrected chi connectivity index (χ1v) is 10.00. The van der Waals surface area contributed by atoms with Crippen molar-refractivity contribution >= 4 is 23.5 Å². The summed E-state index contributed by atoms with van der Waals surface area (Å²) in [5.74, 6) is -0.358. The van der Waals surface area contributed by atoms with E-state index in [2.05, 4.69) is 16.0 Å². The van der Waals surface area contributed by atoms with Crippen LogP contribution >= 0.6 is 0 Å². The Bertz CT molecular complexity index is 935. The molecular formula is C23H29N3O6. The number of carbonyl (C=O) groups is 3. The second-order valence-corrected chi connectivity index (χ2v) is 7.31. The lowest BCUT2D eigenvalue weighted by molar-refractivity contribution is -0.149. The van der Waals surface area contributed by atoms with Crippen molar-refractivity contribution in [1.29, 1.82) is 0 Å². The third-order valence-corrected chi connectivity index (χ3v) is 4.62. The lowest BCUT2D eigenvalue weighted by Crippen LogP contribution is -2.57. The summed E-state index contributed by atoms with van der Waals surface area (Å²) in [4.78, 5) is 36.7. The summed E-state index contributed by atoms with van der Waals surface area (Å²) in [6, 6.07) is 14.4. The van der Waals surface area contributed by atoms with Gasteiger partial charge >= 0.3 is 5.97 Å². The number of methoxy groups -OCH3 is 2. The van der Waals surface area contributed by atoms with Crippen LogP contribution in [-0.2, 0) is 19.1 Å². The molecule has 172 valence electrons. The molecule has 0 saturated heterocycles. The highest BCUT2D eigenvalue weighted by molar-refractivity contribution is 5.96. The first-order chi connectivity index (χ1) is 15.3. The van der Waals surface area contributed by atoms with Gasteiger partial charge in [0.15, 0.2) is 0 Å². The van der Waals surface area contributed by atoms with Crippen LogP contribution in [-0.4, -0.2) is 57.2 Å². The quantitative estimate of drug-likeness (QED) is 0.453. The SMILES string of the molecule is COC(=O)C(C)(COc1ccccc1)NCC(=O)NCC(=O)Nc1cc(C)ccc1OC. The molecule has 0 radical (unpaired) electrons. The maximum absolute atomic E-state index is 12.3. The standard InChI is InChI=1S/C23H29N3O6/c1-16-10-11-19(30-3)18(12-16)26-21(28)13-24-20(27)14-25-23(2,22(29)31-4)15-32-17-8-6-5-7-9-17/h5-12,25H,13-15H2,1-4H3,(H,24,27)(H,26,28). The number of esters is 1. The van der Waals surface area contributed by atoms with E-state index in [9.17, 15) is 14.4 Å². The van der Waals surface area contributed by atoms with Crippen molar-refractivity contribution < 1.29 is 28.6 Å². The third-order valence-electron chi connectivity index (χ3n) is 4.62. The van der Waals surface area contributed by atoms with Gasteiger partial charge in [0.05, 0.1) is 33.0 Å². The smallest absolute Gasteiger partial charge is 0.329 e. The average molecular weight is 444 g/mol. The highest BCUT2D eigenvalue weighted by Crippen LogP contribution is 2.24. The van der Waals surface area contributed by atoms with Gasteiger partial charge in [-0.25, -0.2) is 4.79 Å². The second-order valence-electron chi connectivity index (χ2n) is 7.31. The zero-order valence-corrected chi connectivity index (χ0v) is 18.7. The summed E-state index contributed by atoms with van der Waals surface area (Å²) in [7, 11) is 2.77. The number of ether oxygens (including phenoxy) is 3. The Labute approximate surface area is 187 Å². The third kappa shape index (κ3) is 7.28. The van der Waals surface area contributed by atoms with E-state index in [1.165, 1.54) is 14.2 Å². The molecule has 9 heteroatoms. The Morgan fingerprint density at radius 1 is 0.969 bits per heavy atom. The molecule has 1 unspecified atom stereocenters. The minimum absolute atomic E-state index is 0.0510. The molecule has 9 nitrogen and oxygen atoms in total. The van der Waals surface area contributed by atoms with Crippen molar-refractivity contribution in [3.05, 3.63) is 54.1 Å². The van der Waals surface area contributed by atoms with E-state index in [1.54, 1.807) is 31.2 Å². The van der Waals surface area contributed by atoms with Crippen LogP contribution in [0.2, 0.25) is 0 Å². The monoisotopic (exact) mass is 443 g/mol. The molecule has 2 rings (SSSR count). The van der Waals surface area contributed by atoms with Crippen molar-refractivity contribution in [2.24, 2.45) is 0 Å². The molecule has 1 atom stereocenters. The maximum Gasteiger partial charge on any atom is 0.329 e. The molecule has 0 bridgehead atoms. The highest BCUT2D eigenvalue weighted by atomic mass is 16.5. The van der Waals surface area contributed by atoms with Gasteiger partial charge in [-0.3, -0.25) is 14.9 Å². The predicted molar refractivity (Wildman–Crippen MR) is 120 cm³/mol. The molecule has 0 aromatic heterocycles. The number of anilines is 1. The maximum atomic E-state index is 12.3. The van der Waals surface area contributed by atoms with Gasteiger partial charge in [0.25, 0.3) is 0 Å². The van der Waals surface area contributed by atoms with Crippen LogP contribution in [0.15, 0.2) is 48.5 Å². The number of nitrogens with one attached hydrogen (secondary N) is 3. The van der Waals surface area contributed by atoms with Gasteiger partial charge in [0.2, 0.25) is 11.8 Å². The second kappa shape index (κ2) is 11.7. The largest absolute Gasteiger partial charge is 0.495 e. The molecular weight excluding hydrogens is 414 g/mol. The van der Waals surface area contributed by atoms with E-state index in [-0.39, 0.29) is 19.7 Å². The van der Waals surface area contributed by atoms with E-state index >= 15 is 0 Å². The molecule has 0 spiro atoms. The van der Waals surface area contributed by atoms with Crippen LogP contribution in [0.4, 0.5) is 5.69 Å². The van der Waals surface area contributed by atoms with Gasteiger partial charge in [-0.2, -0.15) is 0 Å². The molecule has 32 heavy (non-hydrogen) atoms. The molecule has 0 aliphatic rings. The first kappa shape index (κ1) is 24.7. The summed E-state index contributed by atoms with van der Waals surface area (Å²) in [6.07, 6.45) is 0. The first-order valence-electron chi connectivity index (χ1n) is 10.00. The van der Waals surface area contributed by atoms with Crippen LogP contribution in [0.1, 0.15) is 12.5 Å². The Morgan fingerprint density at radius 2 is 1.69 bits per heavy atom. The number of rotatable bonds is 11. The molecule has 3 N–H and O–H groups in total. The minimum atomic E-state index is -1.26. The molecule has 0 saturated carbocycles. The summed E-state index contributed by atoms with van der Waals surface area (Å²) in [5.41, 5.74) is 0.203. The number of hydrogen-bond acceptors (Lipinski definition) is 7. The van der Waals surface area contributed by atoms with E-state index < -0.39 is 23.3 Å². The Morgan fingerprint density at radius 3 is 2.34 bits per heavy atom. The van der Waals surface area contributed by atoms with Crippen LogP contribution in [0.3, 0.4) is 0 Å². The van der Waals surface area contributed by atoms with Crippen molar-refractivity contribution in [2.75, 3.05) is 39.2 Å². The van der Waals surface area contributed by atoms with Crippen molar-refractivity contribution in [2.45, 2.75) is 19.4 Å². The molecule has 0 aliphatic carbocycles. The molecule has 0 aliphatic heterocycles. The molecule has 2 amide bonds. The fourth-order valence-electron chi connectivity index (χ4n) is 2.78. The number of carbonyl (C=O) groups excluding carboxylic acids is 3. The Kier molecular flexibility index (Phi) is 9.03. The van der Waals surface area contributed by atoms with Gasteiger partial charge in [-0.05, 0) is 43.7 Å². The van der Waals surface area contributed by atoms with Gasteiger partial charge in [0.1, 0.15) is 23.6 Å². The van der Waals surface area contributed by atoms with E-state index in [1.807, 2.05) is 31.2 Å². The van der Waals surface area contributed by atoms with Gasteiger partial charge in [-0.15, -0.1) is 0 Å². The summed E-state index contributed by atoms with van der Waals surface area (Å²) in [5, 5.41) is 8.07. The van der Waals surface area contributed by atoms with E-state index in [0.717, 1.165) is 5.56 Å². The molecule has 2 aromatic carbocycles. The van der Waals surface area contributed by atoms with Crippen LogP contribution in [0.25, 0.3) is 0 Å². The fourth-order valence-corrected chi connectivity index (χ4v) is 2.78. The lowest BCUT2D eigenvalue weighted by Gasteiger charge is -2.27. The van der Waals surface area contributed by atoms with Crippen LogP contribution in [0.5, 0.6) is 11.5 Å². The van der Waals surface area contributed by atoms with Crippen molar-refractivity contribution in [3.8, 4) is 11.5 Å². The summed E-state index contributed by atoms with van der Waals surface area (Å²) in [6.45, 7) is 2.95. The predicted octanol–water partition coefficient (Wildman–Crippen LogP) is 1.66. The number of benzene rings is 2. The van der Waals surface area contributed by atoms with Gasteiger partial charge in [-0.1, -0.05) is 24.3 Å². The topological polar surface area (TPSA) is 115 Å². The fraction of sp³-hybridized carbons (Fsp3) is 0.348. The van der Waals surface area contributed by atoms with Crippen LogP contribution in [0, 0.1) is 6.92 Å². The number of para-hydroxylation sites is 1. The molecule has 0 heterocycles. The van der Waals surface area contributed by atoms with Gasteiger partial charge in [0, 0.05) is 0 Å². The number of amides is 2. The zero-order valence-electron chi connectivity index (χ0n) is 18.7. The lowest BCUT2D eigenvalue weighted by atomic mass is 10.0. The summed E-state index contributed by atoms with van der Waals surface area (Å²) >= 11 is 0. The van der Waals surface area contributed by atoms with E-state index in [4.69, 9.17) is 14.2 Å². The summed E-state index contributed by atoms with van der Waals surface area (Å²) < 4.78 is 15.7. The molecule has 2 aromatic rings. The van der Waals surface area contributed by atoms with Gasteiger partial charge < -0.3 is 24.8 Å². The Hall–Kier alpha value is -3.59. The van der Waals surface area contributed by atoms with Crippen molar-refractivity contribution in [3.63, 3.8) is 0 Å². The van der Waals surface area contributed by atoms with Crippen molar-refractivity contribution in [1.82, 2.24) is 10.6 Å². The molecule has 0 fully saturated rings. The minimum Gasteiger partial charge on any atom is -0.495 e. The zero-order chi connectivity index (χ0) is 23.6. The average Bonchev–Trinajstić information content (AvgIpc) is 2.80. The number of aryl methyl sites for hydroxylation is 1. The number of hydrogen-bond donors (Lipinski definition) is 3. The highest BCUT2D eigenvalue weighted by Gasteiger charge is 2.35. The van der Waals surface area contributed by atoms with E-state index in [0.29, 0.717) is 17.2 Å². The Balaban J connectivity index is 1.86.